The SMILES string of the molecule is C#CC(CCC)NS(=O)(=O)c1c(F)cc(N)cc1F. The van der Waals surface area contributed by atoms with E-state index in [1.165, 1.54) is 0 Å². The van der Waals surface area contributed by atoms with Crippen LogP contribution in [0.25, 0.3) is 0 Å². The van der Waals surface area contributed by atoms with Crippen LogP contribution in [0.4, 0.5) is 14.5 Å². The second-order valence-electron chi connectivity index (χ2n) is 3.94. The second-order valence-corrected chi connectivity index (χ2v) is 5.59. The third kappa shape index (κ3) is 3.66. The van der Waals surface area contributed by atoms with E-state index in [-0.39, 0.29) is 5.69 Å². The maximum atomic E-state index is 13.6. The van der Waals surface area contributed by atoms with Gasteiger partial charge >= 0.3 is 0 Å². The summed E-state index contributed by atoms with van der Waals surface area (Å²) in [6, 6.07) is 0.663. The molecule has 1 unspecified atom stereocenters. The lowest BCUT2D eigenvalue weighted by Crippen LogP contribution is -2.34. The first-order valence-electron chi connectivity index (χ1n) is 5.54. The second kappa shape index (κ2) is 5.99. The molecule has 3 N–H and O–H groups in total. The fraction of sp³-hybridized carbons (Fsp3) is 0.333. The molecule has 19 heavy (non-hydrogen) atoms. The zero-order valence-corrected chi connectivity index (χ0v) is 11.1. The number of terminal acetylenes is 1. The standard InChI is InChI=1S/C12H14F2N2O2S/c1-3-5-9(4-2)16-19(17,18)12-10(13)6-8(15)7-11(12)14/h2,6-7,9,16H,3,5,15H2,1H3. The van der Waals surface area contributed by atoms with E-state index in [1.807, 2.05) is 6.92 Å². The van der Waals surface area contributed by atoms with E-state index in [0.717, 1.165) is 12.1 Å². The van der Waals surface area contributed by atoms with Crippen LogP contribution >= 0.6 is 0 Å². The number of hydrogen-bond acceptors (Lipinski definition) is 3. The Hall–Kier alpha value is -1.65. The van der Waals surface area contributed by atoms with Gasteiger partial charge in [-0.05, 0) is 18.6 Å². The van der Waals surface area contributed by atoms with Gasteiger partial charge in [0.15, 0.2) is 4.90 Å². The Kier molecular flexibility index (Phi) is 4.86. The number of halogens is 2. The van der Waals surface area contributed by atoms with E-state index >= 15 is 0 Å². The van der Waals surface area contributed by atoms with Gasteiger partial charge in [0, 0.05) is 5.69 Å². The highest BCUT2D eigenvalue weighted by Crippen LogP contribution is 2.22. The van der Waals surface area contributed by atoms with Crippen molar-refractivity contribution < 1.29 is 17.2 Å². The van der Waals surface area contributed by atoms with Gasteiger partial charge in [-0.15, -0.1) is 6.42 Å². The van der Waals surface area contributed by atoms with Crippen LogP contribution in [-0.4, -0.2) is 14.5 Å². The molecule has 0 bridgehead atoms. The summed E-state index contributed by atoms with van der Waals surface area (Å²) < 4.78 is 53.0. The van der Waals surface area contributed by atoms with Gasteiger partial charge in [-0.2, -0.15) is 4.72 Å². The minimum Gasteiger partial charge on any atom is -0.399 e. The van der Waals surface area contributed by atoms with Gasteiger partial charge in [0.05, 0.1) is 6.04 Å². The minimum atomic E-state index is -4.37. The van der Waals surface area contributed by atoms with Gasteiger partial charge in [-0.25, -0.2) is 17.2 Å². The van der Waals surface area contributed by atoms with Crippen molar-refractivity contribution in [3.8, 4) is 12.3 Å². The summed E-state index contributed by atoms with van der Waals surface area (Å²) in [4.78, 5) is -1.07. The third-order valence-electron chi connectivity index (χ3n) is 2.37. The van der Waals surface area contributed by atoms with E-state index in [9.17, 15) is 17.2 Å². The Morgan fingerprint density at radius 1 is 1.42 bits per heavy atom. The van der Waals surface area contributed by atoms with Crippen molar-refractivity contribution in [2.45, 2.75) is 30.7 Å². The first-order valence-corrected chi connectivity index (χ1v) is 7.03. The topological polar surface area (TPSA) is 72.2 Å². The third-order valence-corrected chi connectivity index (χ3v) is 3.89. The molecule has 0 saturated heterocycles. The average Bonchev–Trinajstić information content (AvgIpc) is 2.25. The zero-order valence-electron chi connectivity index (χ0n) is 10.3. The summed E-state index contributed by atoms with van der Waals surface area (Å²) in [6.07, 6.45) is 6.16. The van der Waals surface area contributed by atoms with Gasteiger partial charge in [-0.1, -0.05) is 19.3 Å². The Morgan fingerprint density at radius 3 is 2.37 bits per heavy atom. The molecule has 0 aliphatic heterocycles. The van der Waals surface area contributed by atoms with Crippen molar-refractivity contribution in [2.24, 2.45) is 0 Å². The molecule has 0 saturated carbocycles. The maximum absolute atomic E-state index is 13.6. The van der Waals surface area contributed by atoms with Crippen molar-refractivity contribution in [1.29, 1.82) is 0 Å². The molecule has 7 heteroatoms. The summed E-state index contributed by atoms with van der Waals surface area (Å²) in [5.41, 5.74) is 5.02. The summed E-state index contributed by atoms with van der Waals surface area (Å²) in [6.45, 7) is 1.81. The van der Waals surface area contributed by atoms with Crippen molar-refractivity contribution >= 4 is 15.7 Å². The van der Waals surface area contributed by atoms with Crippen LogP contribution in [0.5, 0.6) is 0 Å². The van der Waals surface area contributed by atoms with Crippen LogP contribution in [0.1, 0.15) is 19.8 Å². The monoisotopic (exact) mass is 288 g/mol. The fourth-order valence-electron chi connectivity index (χ4n) is 1.55. The molecule has 104 valence electrons. The molecule has 0 radical (unpaired) electrons. The van der Waals surface area contributed by atoms with Crippen molar-refractivity contribution in [3.63, 3.8) is 0 Å². The molecule has 1 atom stereocenters. The van der Waals surface area contributed by atoms with Gasteiger partial charge in [0.2, 0.25) is 10.0 Å². The van der Waals surface area contributed by atoms with Crippen molar-refractivity contribution in [3.05, 3.63) is 23.8 Å². The fourth-order valence-corrected chi connectivity index (χ4v) is 2.86. The van der Waals surface area contributed by atoms with Gasteiger partial charge in [0.25, 0.3) is 0 Å². The van der Waals surface area contributed by atoms with Gasteiger partial charge in [-0.3, -0.25) is 0 Å². The molecule has 1 aromatic rings. The van der Waals surface area contributed by atoms with Crippen molar-refractivity contribution in [2.75, 3.05) is 5.73 Å². The molecule has 0 aromatic heterocycles. The number of nitrogens with one attached hydrogen (secondary N) is 1. The molecule has 0 amide bonds. The molecule has 1 aromatic carbocycles. The van der Waals surface area contributed by atoms with E-state index in [0.29, 0.717) is 12.8 Å². The normalized spacial score (nSPS) is 12.9. The smallest absolute Gasteiger partial charge is 0.247 e. The van der Waals surface area contributed by atoms with E-state index < -0.39 is 32.6 Å². The van der Waals surface area contributed by atoms with Crippen LogP contribution in [0.15, 0.2) is 17.0 Å². The van der Waals surface area contributed by atoms with E-state index in [1.54, 1.807) is 0 Å². The summed E-state index contributed by atoms with van der Waals surface area (Å²) >= 11 is 0. The number of nitrogen functional groups attached to an aromatic ring is 1. The number of nitrogens with two attached hydrogens (primary N) is 1. The van der Waals surface area contributed by atoms with Gasteiger partial charge in [0.1, 0.15) is 11.6 Å². The Labute approximate surface area is 111 Å². The van der Waals surface area contributed by atoms with Gasteiger partial charge < -0.3 is 5.73 Å². The summed E-state index contributed by atoms with van der Waals surface area (Å²) in [7, 11) is -4.37. The molecule has 0 aliphatic carbocycles. The lowest BCUT2D eigenvalue weighted by molar-refractivity contribution is 0.510. The lowest BCUT2D eigenvalue weighted by Gasteiger charge is -2.13. The first-order chi connectivity index (χ1) is 8.81. The molecule has 4 nitrogen and oxygen atoms in total. The molecule has 0 fully saturated rings. The Bertz CT molecular complexity index is 586. The van der Waals surface area contributed by atoms with E-state index in [4.69, 9.17) is 12.2 Å². The number of sulfonamides is 1. The molecule has 0 aliphatic rings. The van der Waals surface area contributed by atoms with Crippen LogP contribution in [-0.2, 0) is 10.0 Å². The highest BCUT2D eigenvalue weighted by Gasteiger charge is 2.26. The van der Waals surface area contributed by atoms with Crippen LogP contribution in [0, 0.1) is 24.0 Å². The zero-order chi connectivity index (χ0) is 14.6. The van der Waals surface area contributed by atoms with Crippen LogP contribution in [0.3, 0.4) is 0 Å². The summed E-state index contributed by atoms with van der Waals surface area (Å²) in [5.74, 6) is -0.286. The predicted octanol–water partition coefficient (Wildman–Crippen LogP) is 1.63. The molecule has 1 rings (SSSR count). The molecule has 0 heterocycles. The summed E-state index contributed by atoms with van der Waals surface area (Å²) in [5, 5.41) is 0. The highest BCUT2D eigenvalue weighted by atomic mass is 32.2. The Morgan fingerprint density at radius 2 is 1.95 bits per heavy atom. The number of rotatable bonds is 5. The largest absolute Gasteiger partial charge is 0.399 e. The molecule has 0 spiro atoms. The molecular weight excluding hydrogens is 274 g/mol. The van der Waals surface area contributed by atoms with Crippen LogP contribution < -0.4 is 10.5 Å². The minimum absolute atomic E-state index is 0.198. The number of anilines is 1. The van der Waals surface area contributed by atoms with Crippen LogP contribution in [0.2, 0.25) is 0 Å². The highest BCUT2D eigenvalue weighted by molar-refractivity contribution is 7.89. The van der Waals surface area contributed by atoms with Crippen molar-refractivity contribution in [1.82, 2.24) is 4.72 Å². The lowest BCUT2D eigenvalue weighted by atomic mass is 10.2. The first kappa shape index (κ1) is 15.4. The average molecular weight is 288 g/mol. The quantitative estimate of drug-likeness (QED) is 0.639. The maximum Gasteiger partial charge on any atom is 0.247 e. The number of benzene rings is 1. The predicted molar refractivity (Wildman–Crippen MR) is 68.6 cm³/mol. The van der Waals surface area contributed by atoms with E-state index in [2.05, 4.69) is 10.6 Å². The number of hydrogen-bond donors (Lipinski definition) is 2. The Balaban J connectivity index is 3.18. The molecular formula is C12H14F2N2O2S.